The van der Waals surface area contributed by atoms with Gasteiger partial charge in [0.15, 0.2) is 5.65 Å². The SMILES string of the molecule is CC1CN(c2cnc3c(c2)c(-c2ccn(C(C)c4cccc(Cl)c4)c(=O)c2)cn3SI)CCO1. The van der Waals surface area contributed by atoms with E-state index in [0.29, 0.717) is 11.6 Å². The number of halogens is 2. The van der Waals surface area contributed by atoms with Crippen molar-refractivity contribution in [3.63, 3.8) is 0 Å². The maximum absolute atomic E-state index is 13.2. The van der Waals surface area contributed by atoms with Gasteiger partial charge in [-0.15, -0.1) is 0 Å². The van der Waals surface area contributed by atoms with Crippen LogP contribution in [0.4, 0.5) is 5.69 Å². The van der Waals surface area contributed by atoms with Crippen LogP contribution in [0.2, 0.25) is 5.02 Å². The minimum absolute atomic E-state index is 0.0564. The Balaban J connectivity index is 1.55. The van der Waals surface area contributed by atoms with Crippen molar-refractivity contribution in [2.24, 2.45) is 0 Å². The molecule has 6 nitrogen and oxygen atoms in total. The second-order valence-corrected chi connectivity index (χ2v) is 10.7. The van der Waals surface area contributed by atoms with Crippen molar-refractivity contribution in [2.75, 3.05) is 24.6 Å². The van der Waals surface area contributed by atoms with E-state index in [2.05, 4.69) is 45.3 Å². The Morgan fingerprint density at radius 2 is 2.12 bits per heavy atom. The fourth-order valence-electron chi connectivity index (χ4n) is 4.48. The molecule has 0 radical (unpaired) electrons. The highest BCUT2D eigenvalue weighted by atomic mass is 127. The fraction of sp³-hybridized carbons (Fsp3) is 0.280. The molecule has 4 heterocycles. The smallest absolute Gasteiger partial charge is 0.251 e. The maximum Gasteiger partial charge on any atom is 0.251 e. The molecule has 0 saturated carbocycles. The van der Waals surface area contributed by atoms with Crippen LogP contribution >= 0.6 is 41.9 Å². The molecule has 176 valence electrons. The van der Waals surface area contributed by atoms with Crippen molar-refractivity contribution in [2.45, 2.75) is 26.0 Å². The molecule has 9 heteroatoms. The van der Waals surface area contributed by atoms with E-state index >= 15 is 0 Å². The third kappa shape index (κ3) is 4.60. The van der Waals surface area contributed by atoms with Crippen LogP contribution in [0.1, 0.15) is 25.5 Å². The number of hydrogen-bond donors (Lipinski definition) is 0. The van der Waals surface area contributed by atoms with E-state index in [9.17, 15) is 4.79 Å². The van der Waals surface area contributed by atoms with E-state index in [0.717, 1.165) is 46.5 Å². The van der Waals surface area contributed by atoms with Gasteiger partial charge in [0.1, 0.15) is 0 Å². The molecule has 1 saturated heterocycles. The number of aromatic nitrogens is 3. The Morgan fingerprint density at radius 1 is 1.26 bits per heavy atom. The summed E-state index contributed by atoms with van der Waals surface area (Å²) in [4.78, 5) is 20.2. The molecule has 0 amide bonds. The summed E-state index contributed by atoms with van der Waals surface area (Å²) in [5, 5.41) is 1.69. The molecule has 1 aliphatic heterocycles. The van der Waals surface area contributed by atoms with Crippen molar-refractivity contribution in [3.8, 4) is 11.1 Å². The molecular formula is C25H24ClIN4O2S. The van der Waals surface area contributed by atoms with Crippen LogP contribution in [0.5, 0.6) is 0 Å². The molecule has 3 aromatic heterocycles. The summed E-state index contributed by atoms with van der Waals surface area (Å²) in [6.45, 7) is 6.48. The molecule has 0 N–H and O–H groups in total. The first-order chi connectivity index (χ1) is 16.4. The van der Waals surface area contributed by atoms with E-state index < -0.39 is 0 Å². The highest BCUT2D eigenvalue weighted by Gasteiger charge is 2.20. The van der Waals surface area contributed by atoms with Gasteiger partial charge in [0, 0.05) is 77.8 Å². The lowest BCUT2D eigenvalue weighted by molar-refractivity contribution is 0.0532. The molecule has 4 aromatic rings. The summed E-state index contributed by atoms with van der Waals surface area (Å²) in [7, 11) is 1.56. The average Bonchev–Trinajstić information content (AvgIpc) is 3.21. The maximum atomic E-state index is 13.2. The zero-order valence-corrected chi connectivity index (χ0v) is 22.5. The summed E-state index contributed by atoms with van der Waals surface area (Å²) < 4.78 is 9.47. The number of anilines is 1. The zero-order valence-electron chi connectivity index (χ0n) is 18.8. The molecule has 2 unspecified atom stereocenters. The highest BCUT2D eigenvalue weighted by Crippen LogP contribution is 2.35. The second kappa shape index (κ2) is 9.93. The van der Waals surface area contributed by atoms with Gasteiger partial charge in [0.2, 0.25) is 0 Å². The summed E-state index contributed by atoms with van der Waals surface area (Å²) in [6, 6.07) is 13.4. The predicted molar refractivity (Wildman–Crippen MR) is 149 cm³/mol. The molecule has 34 heavy (non-hydrogen) atoms. The van der Waals surface area contributed by atoms with Gasteiger partial charge in [-0.2, -0.15) is 0 Å². The summed E-state index contributed by atoms with van der Waals surface area (Å²) in [5.74, 6) is 0. The standard InChI is InChI=1S/C25H24ClIN4O2S/c1-16-14-29(8-9-33-16)21-12-22-23(15-31(34-27)25(22)28-13-21)19-6-7-30(24(32)11-19)17(2)18-4-3-5-20(26)10-18/h3-7,10-13,15-17H,8-9,14H2,1-2H3. The number of benzene rings is 1. The van der Waals surface area contributed by atoms with Crippen molar-refractivity contribution < 1.29 is 4.74 Å². The van der Waals surface area contributed by atoms with Crippen molar-refractivity contribution in [1.29, 1.82) is 0 Å². The molecule has 2 atom stereocenters. The summed E-state index contributed by atoms with van der Waals surface area (Å²) in [6.07, 6.45) is 6.04. The van der Waals surface area contributed by atoms with Gasteiger partial charge in [0.25, 0.3) is 5.56 Å². The molecule has 0 spiro atoms. The summed E-state index contributed by atoms with van der Waals surface area (Å²) >= 11 is 8.42. The fourth-order valence-corrected chi connectivity index (χ4v) is 5.94. The van der Waals surface area contributed by atoms with E-state index in [-0.39, 0.29) is 17.7 Å². The van der Waals surface area contributed by atoms with Crippen LogP contribution < -0.4 is 10.5 Å². The lowest BCUT2D eigenvalue weighted by Gasteiger charge is -2.32. The molecule has 0 bridgehead atoms. The van der Waals surface area contributed by atoms with Crippen molar-refractivity contribution in [3.05, 3.63) is 82.0 Å². The summed E-state index contributed by atoms with van der Waals surface area (Å²) in [5.41, 5.74) is 4.77. The Labute approximate surface area is 219 Å². The molecule has 0 aliphatic carbocycles. The number of fused-ring (bicyclic) bond motifs is 1. The largest absolute Gasteiger partial charge is 0.375 e. The Morgan fingerprint density at radius 3 is 2.85 bits per heavy atom. The van der Waals surface area contributed by atoms with Crippen molar-refractivity contribution >= 4 is 58.6 Å². The van der Waals surface area contributed by atoms with E-state index in [4.69, 9.17) is 21.3 Å². The number of ether oxygens (including phenoxy) is 1. The normalized spacial score (nSPS) is 17.3. The van der Waals surface area contributed by atoms with Gasteiger partial charge < -0.3 is 14.2 Å². The van der Waals surface area contributed by atoms with Crippen LogP contribution in [-0.4, -0.2) is 39.3 Å². The van der Waals surface area contributed by atoms with Gasteiger partial charge in [-0.25, -0.2) is 4.98 Å². The first kappa shape index (κ1) is 23.7. The number of rotatable bonds is 5. The topological polar surface area (TPSA) is 52.3 Å². The number of nitrogens with zero attached hydrogens (tertiary/aromatic N) is 4. The third-order valence-corrected chi connectivity index (χ3v) is 8.22. The molecule has 1 aliphatic rings. The minimum Gasteiger partial charge on any atom is -0.375 e. The first-order valence-electron chi connectivity index (χ1n) is 11.1. The van der Waals surface area contributed by atoms with Gasteiger partial charge >= 0.3 is 0 Å². The monoisotopic (exact) mass is 606 g/mol. The number of morpholine rings is 1. The second-order valence-electron chi connectivity index (χ2n) is 8.52. The molecule has 5 rings (SSSR count). The minimum atomic E-state index is -0.122. The number of hydrogen-bond acceptors (Lipinski definition) is 5. The lowest BCUT2D eigenvalue weighted by atomic mass is 10.1. The van der Waals surface area contributed by atoms with Crippen LogP contribution in [0, 0.1) is 0 Å². The van der Waals surface area contributed by atoms with Crippen molar-refractivity contribution in [1.82, 2.24) is 13.5 Å². The third-order valence-electron chi connectivity index (χ3n) is 6.29. The lowest BCUT2D eigenvalue weighted by Crippen LogP contribution is -2.41. The van der Waals surface area contributed by atoms with Gasteiger partial charge in [-0.05, 0) is 49.2 Å². The van der Waals surface area contributed by atoms with Crippen LogP contribution in [0.25, 0.3) is 22.2 Å². The first-order valence-corrected chi connectivity index (χ1v) is 14.8. The highest BCUT2D eigenvalue weighted by molar-refractivity contribution is 14.2. The zero-order chi connectivity index (χ0) is 23.8. The molecule has 1 fully saturated rings. The van der Waals surface area contributed by atoms with E-state index in [1.807, 2.05) is 53.6 Å². The van der Waals surface area contributed by atoms with E-state index in [1.54, 1.807) is 19.8 Å². The Kier molecular flexibility index (Phi) is 6.92. The van der Waals surface area contributed by atoms with Crippen LogP contribution in [0.3, 0.4) is 0 Å². The van der Waals surface area contributed by atoms with E-state index in [1.165, 1.54) is 0 Å². The van der Waals surface area contributed by atoms with Gasteiger partial charge in [-0.3, -0.25) is 8.77 Å². The van der Waals surface area contributed by atoms with Crippen LogP contribution in [-0.2, 0) is 4.74 Å². The Bertz CT molecular complexity index is 1410. The quantitative estimate of drug-likeness (QED) is 0.253. The number of pyridine rings is 2. The van der Waals surface area contributed by atoms with Gasteiger partial charge in [0.05, 0.1) is 30.6 Å². The van der Waals surface area contributed by atoms with Gasteiger partial charge in [-0.1, -0.05) is 23.7 Å². The van der Waals surface area contributed by atoms with Crippen LogP contribution in [0.15, 0.2) is 65.8 Å². The Hall–Kier alpha value is -2.01. The molecule has 1 aromatic carbocycles. The molecular weight excluding hydrogens is 583 g/mol. The average molecular weight is 607 g/mol. The predicted octanol–water partition coefficient (Wildman–Crippen LogP) is 6.20.